The SMILES string of the molecule is C1=CC(c2c(-c3ccccc3)cc(-c3cccc(-c4c5ccccc5c(-c5nccc6ccccc56)c5ccccc45)c3)c(-c3ccccc3)c2C2=CCCC=C2)=CCC1. The minimum atomic E-state index is 1.02. The second-order valence-electron chi connectivity index (χ2n) is 15.9. The predicted molar refractivity (Wildman–Crippen MR) is 257 cm³/mol. The molecule has 0 saturated heterocycles. The van der Waals surface area contributed by atoms with E-state index in [-0.39, 0.29) is 0 Å². The van der Waals surface area contributed by atoms with Gasteiger partial charge < -0.3 is 0 Å². The molecule has 0 saturated carbocycles. The smallest absolute Gasteiger partial charge is 0.0792 e. The highest BCUT2D eigenvalue weighted by Gasteiger charge is 2.26. The lowest BCUT2D eigenvalue weighted by atomic mass is 9.77. The minimum absolute atomic E-state index is 1.02. The van der Waals surface area contributed by atoms with Crippen molar-refractivity contribution in [2.45, 2.75) is 25.7 Å². The first-order valence-electron chi connectivity index (χ1n) is 21.3. The molecule has 0 radical (unpaired) electrons. The summed E-state index contributed by atoms with van der Waals surface area (Å²) in [5.74, 6) is 0. The number of pyridine rings is 1. The molecular formula is C59H43N. The van der Waals surface area contributed by atoms with Gasteiger partial charge in [0.1, 0.15) is 0 Å². The molecule has 0 N–H and O–H groups in total. The van der Waals surface area contributed by atoms with E-state index >= 15 is 0 Å². The minimum Gasteiger partial charge on any atom is -0.256 e. The van der Waals surface area contributed by atoms with Crippen molar-refractivity contribution in [3.05, 3.63) is 224 Å². The Kier molecular flexibility index (Phi) is 9.21. The Morgan fingerprint density at radius 3 is 1.48 bits per heavy atom. The quantitative estimate of drug-likeness (QED) is 0.147. The van der Waals surface area contributed by atoms with Crippen LogP contribution in [0.4, 0.5) is 0 Å². The van der Waals surface area contributed by atoms with E-state index < -0.39 is 0 Å². The lowest BCUT2D eigenvalue weighted by Crippen LogP contribution is -2.04. The summed E-state index contributed by atoms with van der Waals surface area (Å²) in [7, 11) is 0. The Labute approximate surface area is 352 Å². The molecule has 60 heavy (non-hydrogen) atoms. The van der Waals surface area contributed by atoms with Crippen LogP contribution >= 0.6 is 0 Å². The predicted octanol–water partition coefficient (Wildman–Crippen LogP) is 16.3. The zero-order valence-corrected chi connectivity index (χ0v) is 33.5. The number of hydrogen-bond donors (Lipinski definition) is 0. The van der Waals surface area contributed by atoms with Crippen LogP contribution in [0.15, 0.2) is 213 Å². The van der Waals surface area contributed by atoms with Gasteiger partial charge in [0.2, 0.25) is 0 Å². The Morgan fingerprint density at radius 1 is 0.333 bits per heavy atom. The lowest BCUT2D eigenvalue weighted by molar-refractivity contribution is 1.04. The van der Waals surface area contributed by atoms with Crippen molar-refractivity contribution in [2.24, 2.45) is 0 Å². The fourth-order valence-corrected chi connectivity index (χ4v) is 9.70. The first kappa shape index (κ1) is 35.8. The van der Waals surface area contributed by atoms with Crippen molar-refractivity contribution in [1.29, 1.82) is 0 Å². The Balaban J connectivity index is 1.22. The van der Waals surface area contributed by atoms with Gasteiger partial charge in [0.25, 0.3) is 0 Å². The topological polar surface area (TPSA) is 12.9 Å². The van der Waals surface area contributed by atoms with E-state index in [2.05, 4.69) is 206 Å². The van der Waals surface area contributed by atoms with E-state index in [1.54, 1.807) is 0 Å². The average molecular weight is 766 g/mol. The number of benzene rings is 8. The number of hydrogen-bond acceptors (Lipinski definition) is 1. The maximum absolute atomic E-state index is 5.08. The van der Waals surface area contributed by atoms with Gasteiger partial charge in [0.05, 0.1) is 5.69 Å². The molecule has 1 nitrogen and oxygen atoms in total. The van der Waals surface area contributed by atoms with Gasteiger partial charge in [-0.2, -0.15) is 0 Å². The number of rotatable bonds is 7. The van der Waals surface area contributed by atoms with Crippen LogP contribution in [0.25, 0.3) is 99.2 Å². The molecule has 0 unspecified atom stereocenters. The molecule has 0 amide bonds. The van der Waals surface area contributed by atoms with Crippen molar-refractivity contribution in [3.63, 3.8) is 0 Å². The van der Waals surface area contributed by atoms with Crippen molar-refractivity contribution in [3.8, 4) is 55.8 Å². The molecule has 0 bridgehead atoms. The summed E-state index contributed by atoms with van der Waals surface area (Å²) in [6.45, 7) is 0. The van der Waals surface area contributed by atoms with Crippen LogP contribution in [0.1, 0.15) is 36.8 Å². The van der Waals surface area contributed by atoms with Gasteiger partial charge in [-0.1, -0.05) is 188 Å². The first-order chi connectivity index (χ1) is 29.8. The summed E-state index contributed by atoms with van der Waals surface area (Å²) in [4.78, 5) is 5.08. The molecule has 0 aliphatic heterocycles. The highest BCUT2D eigenvalue weighted by atomic mass is 14.7. The summed E-state index contributed by atoms with van der Waals surface area (Å²) in [6, 6.07) is 62.4. The molecule has 8 aromatic carbocycles. The second-order valence-corrected chi connectivity index (χ2v) is 15.9. The first-order valence-corrected chi connectivity index (χ1v) is 21.3. The van der Waals surface area contributed by atoms with E-state index in [1.807, 2.05) is 6.20 Å². The molecule has 2 aliphatic rings. The normalized spacial score (nSPS) is 13.8. The van der Waals surface area contributed by atoms with Crippen molar-refractivity contribution in [1.82, 2.24) is 4.98 Å². The van der Waals surface area contributed by atoms with Gasteiger partial charge in [0, 0.05) is 17.1 Å². The third-order valence-corrected chi connectivity index (χ3v) is 12.3. The van der Waals surface area contributed by atoms with Gasteiger partial charge in [-0.3, -0.25) is 4.98 Å². The number of aromatic nitrogens is 1. The molecule has 1 heterocycles. The maximum Gasteiger partial charge on any atom is 0.0792 e. The molecule has 284 valence electrons. The van der Waals surface area contributed by atoms with E-state index in [9.17, 15) is 0 Å². The summed E-state index contributed by atoms with van der Waals surface area (Å²) in [5, 5.41) is 7.19. The summed E-state index contributed by atoms with van der Waals surface area (Å²) >= 11 is 0. The van der Waals surface area contributed by atoms with Gasteiger partial charge >= 0.3 is 0 Å². The van der Waals surface area contributed by atoms with Crippen molar-refractivity contribution < 1.29 is 0 Å². The van der Waals surface area contributed by atoms with Gasteiger partial charge in [-0.05, 0) is 138 Å². The van der Waals surface area contributed by atoms with Crippen LogP contribution in [0.3, 0.4) is 0 Å². The largest absolute Gasteiger partial charge is 0.256 e. The summed E-state index contributed by atoms with van der Waals surface area (Å²) in [5.41, 5.74) is 17.2. The molecule has 11 rings (SSSR count). The molecule has 9 aromatic rings. The highest BCUT2D eigenvalue weighted by molar-refractivity contribution is 6.23. The van der Waals surface area contributed by atoms with Gasteiger partial charge in [0.15, 0.2) is 0 Å². The standard InChI is InChI=1S/C59H43N/c1-5-20-40(21-6-1)52-39-53(56(43-25-9-3-10-26-43)57(44-27-11-4-12-28-44)55(52)42-23-7-2-8-24-42)45-29-19-30-46(38-45)54-48-32-15-17-34-50(48)58(51-35-18-16-33-49(51)54)59-47-31-14-13-22-41(47)36-37-60-59/h1,3,5-7,9-11,13-39H,2,4,8,12H2. The monoisotopic (exact) mass is 765 g/mol. The third kappa shape index (κ3) is 6.22. The molecule has 0 fully saturated rings. The highest BCUT2D eigenvalue weighted by Crippen LogP contribution is 2.50. The third-order valence-electron chi connectivity index (χ3n) is 12.3. The summed E-state index contributed by atoms with van der Waals surface area (Å²) < 4.78 is 0. The summed E-state index contributed by atoms with van der Waals surface area (Å²) in [6.07, 6.45) is 20.5. The molecule has 0 spiro atoms. The Morgan fingerprint density at radius 2 is 0.850 bits per heavy atom. The Hall–Kier alpha value is -7.35. The second kappa shape index (κ2) is 15.4. The lowest BCUT2D eigenvalue weighted by Gasteiger charge is -2.26. The molecule has 1 heteroatoms. The van der Waals surface area contributed by atoms with Crippen LogP contribution in [0, 0.1) is 0 Å². The van der Waals surface area contributed by atoms with Crippen LogP contribution in [-0.4, -0.2) is 4.98 Å². The fourth-order valence-electron chi connectivity index (χ4n) is 9.70. The molecular weight excluding hydrogens is 723 g/mol. The van der Waals surface area contributed by atoms with E-state index in [1.165, 1.54) is 99.3 Å². The van der Waals surface area contributed by atoms with Gasteiger partial charge in [-0.15, -0.1) is 0 Å². The van der Waals surface area contributed by atoms with E-state index in [0.29, 0.717) is 0 Å². The van der Waals surface area contributed by atoms with Crippen LogP contribution in [-0.2, 0) is 0 Å². The number of fused-ring (bicyclic) bond motifs is 3. The number of allylic oxidation sites excluding steroid dienone is 8. The molecule has 2 aliphatic carbocycles. The van der Waals surface area contributed by atoms with Crippen molar-refractivity contribution >= 4 is 43.5 Å². The number of nitrogens with zero attached hydrogens (tertiary/aromatic N) is 1. The zero-order chi connectivity index (χ0) is 39.8. The fraction of sp³-hybridized carbons (Fsp3) is 0.0678. The molecule has 0 atom stereocenters. The van der Waals surface area contributed by atoms with Crippen LogP contribution in [0.5, 0.6) is 0 Å². The van der Waals surface area contributed by atoms with E-state index in [4.69, 9.17) is 4.98 Å². The zero-order valence-electron chi connectivity index (χ0n) is 33.5. The van der Waals surface area contributed by atoms with E-state index in [0.717, 1.165) is 36.8 Å². The van der Waals surface area contributed by atoms with Crippen molar-refractivity contribution in [2.75, 3.05) is 0 Å². The Bertz CT molecular complexity index is 3170. The molecule has 1 aromatic heterocycles. The van der Waals surface area contributed by atoms with Gasteiger partial charge in [-0.25, -0.2) is 0 Å². The maximum atomic E-state index is 5.08. The van der Waals surface area contributed by atoms with Crippen LogP contribution < -0.4 is 0 Å². The average Bonchev–Trinajstić information content (AvgIpc) is 3.33. The van der Waals surface area contributed by atoms with Crippen LogP contribution in [0.2, 0.25) is 0 Å².